The van der Waals surface area contributed by atoms with Crippen LogP contribution in [-0.2, 0) is 12.4 Å². The lowest BCUT2D eigenvalue weighted by molar-refractivity contribution is -0.274. The Morgan fingerprint density at radius 3 is 2.07 bits per heavy atom. The highest BCUT2D eigenvalue weighted by molar-refractivity contribution is 5.92. The first-order valence-electron chi connectivity index (χ1n) is 7.37. The molecule has 0 aliphatic carbocycles. The number of anilines is 1. The summed E-state index contributed by atoms with van der Waals surface area (Å²) in [6, 6.07) is 4.36. The number of ether oxygens (including phenoxy) is 1. The molecule has 29 heavy (non-hydrogen) atoms. The van der Waals surface area contributed by atoms with E-state index in [2.05, 4.69) is 14.8 Å². The SMILES string of the molecule is Nc1c2c(C(F)(F)F)nc(C(F)(F)F)cc2nn1-c1ccccc1OC(F)(F)F. The number of alkyl halides is 9. The molecule has 0 radical (unpaired) electrons. The molecular weight excluding hydrogens is 423 g/mol. The van der Waals surface area contributed by atoms with Crippen molar-refractivity contribution in [1.29, 1.82) is 0 Å². The molecule has 0 saturated carbocycles. The molecule has 5 nitrogen and oxygen atoms in total. The quantitative estimate of drug-likeness (QED) is 0.585. The summed E-state index contributed by atoms with van der Waals surface area (Å²) in [5, 5.41) is 2.53. The highest BCUT2D eigenvalue weighted by Crippen LogP contribution is 2.41. The molecule has 0 aliphatic heterocycles. The van der Waals surface area contributed by atoms with Crippen LogP contribution in [-0.4, -0.2) is 21.1 Å². The maximum atomic E-state index is 13.3. The Labute approximate surface area is 154 Å². The van der Waals surface area contributed by atoms with E-state index in [9.17, 15) is 39.5 Å². The summed E-state index contributed by atoms with van der Waals surface area (Å²) in [6.45, 7) is 0. The van der Waals surface area contributed by atoms with Crippen molar-refractivity contribution in [2.24, 2.45) is 0 Å². The van der Waals surface area contributed by atoms with Crippen LogP contribution >= 0.6 is 0 Å². The highest BCUT2D eigenvalue weighted by atomic mass is 19.4. The van der Waals surface area contributed by atoms with E-state index < -0.39 is 58.3 Å². The van der Waals surface area contributed by atoms with Crippen LogP contribution in [0, 0.1) is 0 Å². The van der Waals surface area contributed by atoms with Crippen LogP contribution in [0.2, 0.25) is 0 Å². The zero-order chi connectivity index (χ0) is 21.8. The highest BCUT2D eigenvalue weighted by Gasteiger charge is 2.42. The summed E-state index contributed by atoms with van der Waals surface area (Å²) in [6.07, 6.45) is -15.7. The van der Waals surface area contributed by atoms with Gasteiger partial charge in [-0.3, -0.25) is 0 Å². The lowest BCUT2D eigenvalue weighted by atomic mass is 10.2. The molecule has 0 fully saturated rings. The molecule has 14 heteroatoms. The molecule has 1 aromatic carbocycles. The van der Waals surface area contributed by atoms with Crippen molar-refractivity contribution < 1.29 is 44.3 Å². The van der Waals surface area contributed by atoms with Crippen molar-refractivity contribution in [1.82, 2.24) is 14.8 Å². The molecule has 2 aromatic heterocycles. The zero-order valence-corrected chi connectivity index (χ0v) is 13.6. The van der Waals surface area contributed by atoms with Gasteiger partial charge in [-0.25, -0.2) is 9.67 Å². The largest absolute Gasteiger partial charge is 0.573 e. The minimum absolute atomic E-state index is 0.213. The Balaban J connectivity index is 2.32. The molecule has 0 aliphatic rings. The number of fused-ring (bicyclic) bond motifs is 1. The number of nitrogens with two attached hydrogens (primary N) is 1. The smallest absolute Gasteiger partial charge is 0.403 e. The van der Waals surface area contributed by atoms with Crippen LogP contribution in [0.15, 0.2) is 30.3 Å². The summed E-state index contributed by atoms with van der Waals surface area (Å²) in [4.78, 5) is 2.60. The van der Waals surface area contributed by atoms with E-state index in [0.29, 0.717) is 4.68 Å². The van der Waals surface area contributed by atoms with Gasteiger partial charge in [0.1, 0.15) is 17.2 Å². The summed E-state index contributed by atoms with van der Waals surface area (Å²) in [5.74, 6) is -1.75. The van der Waals surface area contributed by atoms with Crippen molar-refractivity contribution >= 4 is 16.7 Å². The second-order valence-corrected chi connectivity index (χ2v) is 5.56. The van der Waals surface area contributed by atoms with Gasteiger partial charge in [-0.2, -0.15) is 31.4 Å². The number of aromatic nitrogens is 3. The van der Waals surface area contributed by atoms with Gasteiger partial charge in [0.15, 0.2) is 11.4 Å². The lowest BCUT2D eigenvalue weighted by Gasteiger charge is -2.14. The summed E-state index contributed by atoms with van der Waals surface area (Å²) in [5.41, 5.74) is 0.340. The Morgan fingerprint density at radius 2 is 1.52 bits per heavy atom. The Bertz CT molecular complexity index is 1070. The molecule has 156 valence electrons. The molecule has 3 aromatic rings. The molecular formula is C15H7F9N4O. The predicted molar refractivity (Wildman–Crippen MR) is 80.0 cm³/mol. The van der Waals surface area contributed by atoms with Crippen molar-refractivity contribution in [3.8, 4) is 11.4 Å². The molecule has 0 amide bonds. The monoisotopic (exact) mass is 430 g/mol. The topological polar surface area (TPSA) is 66.0 Å². The maximum absolute atomic E-state index is 13.3. The molecule has 3 rings (SSSR count). The molecule has 0 bridgehead atoms. The van der Waals surface area contributed by atoms with Crippen LogP contribution in [0.5, 0.6) is 5.75 Å². The van der Waals surface area contributed by atoms with Gasteiger partial charge < -0.3 is 10.5 Å². The second kappa shape index (κ2) is 6.42. The average molecular weight is 430 g/mol. The minimum atomic E-state index is -5.34. The number of hydrogen-bond donors (Lipinski definition) is 1. The van der Waals surface area contributed by atoms with Gasteiger partial charge in [0.2, 0.25) is 0 Å². The molecule has 2 heterocycles. The number of nitrogen functional groups attached to an aromatic ring is 1. The first-order valence-corrected chi connectivity index (χ1v) is 7.37. The number of hydrogen-bond acceptors (Lipinski definition) is 4. The van der Waals surface area contributed by atoms with Crippen molar-refractivity contribution in [3.63, 3.8) is 0 Å². The fraction of sp³-hybridized carbons (Fsp3) is 0.200. The van der Waals surface area contributed by atoms with Crippen molar-refractivity contribution in [2.45, 2.75) is 18.7 Å². The van der Waals surface area contributed by atoms with E-state index in [0.717, 1.165) is 18.2 Å². The molecule has 0 spiro atoms. The average Bonchev–Trinajstić information content (AvgIpc) is 2.88. The number of para-hydroxylation sites is 2. The van der Waals surface area contributed by atoms with Crippen LogP contribution in [0.25, 0.3) is 16.6 Å². The van der Waals surface area contributed by atoms with Gasteiger partial charge in [0, 0.05) is 0 Å². The third-order valence-electron chi connectivity index (χ3n) is 3.57. The second-order valence-electron chi connectivity index (χ2n) is 5.56. The molecule has 0 atom stereocenters. The number of nitrogens with zero attached hydrogens (tertiary/aromatic N) is 3. The van der Waals surface area contributed by atoms with E-state index in [1.165, 1.54) is 6.07 Å². The predicted octanol–water partition coefficient (Wildman–Crippen LogP) is 4.94. The van der Waals surface area contributed by atoms with E-state index in [-0.39, 0.29) is 6.07 Å². The Kier molecular flexibility index (Phi) is 4.55. The minimum Gasteiger partial charge on any atom is -0.403 e. The zero-order valence-electron chi connectivity index (χ0n) is 13.6. The molecule has 2 N–H and O–H groups in total. The van der Waals surface area contributed by atoms with E-state index in [1.54, 1.807) is 0 Å². The van der Waals surface area contributed by atoms with Gasteiger partial charge in [0.25, 0.3) is 0 Å². The van der Waals surface area contributed by atoms with Crippen LogP contribution in [0.3, 0.4) is 0 Å². The number of halogens is 9. The fourth-order valence-electron chi connectivity index (χ4n) is 2.51. The third kappa shape index (κ3) is 4.00. The number of pyridine rings is 1. The van der Waals surface area contributed by atoms with E-state index >= 15 is 0 Å². The molecule has 0 saturated heterocycles. The first-order chi connectivity index (χ1) is 13.2. The Morgan fingerprint density at radius 1 is 0.897 bits per heavy atom. The van der Waals surface area contributed by atoms with Gasteiger partial charge in [0.05, 0.1) is 10.9 Å². The molecule has 0 unspecified atom stereocenters. The number of rotatable bonds is 2. The maximum Gasteiger partial charge on any atom is 0.573 e. The van der Waals surface area contributed by atoms with Gasteiger partial charge in [-0.05, 0) is 18.2 Å². The van der Waals surface area contributed by atoms with Gasteiger partial charge in [-0.1, -0.05) is 12.1 Å². The van der Waals surface area contributed by atoms with Crippen molar-refractivity contribution in [2.75, 3.05) is 5.73 Å². The van der Waals surface area contributed by atoms with Crippen molar-refractivity contribution in [3.05, 3.63) is 41.7 Å². The fourth-order valence-corrected chi connectivity index (χ4v) is 2.51. The number of benzene rings is 1. The van der Waals surface area contributed by atoms with Gasteiger partial charge in [-0.15, -0.1) is 13.2 Å². The standard InChI is InChI=1S/C15H7F9N4O/c16-13(17,18)9-5-6-10(11(26-9)14(19,20)21)12(25)28(27-6)7-3-1-2-4-8(7)29-15(22,23)24/h1-5H,25H2. The third-order valence-corrected chi connectivity index (χ3v) is 3.57. The summed E-state index contributed by atoms with van der Waals surface area (Å²) < 4.78 is 121. The summed E-state index contributed by atoms with van der Waals surface area (Å²) in [7, 11) is 0. The summed E-state index contributed by atoms with van der Waals surface area (Å²) >= 11 is 0. The van der Waals surface area contributed by atoms with Gasteiger partial charge >= 0.3 is 18.7 Å². The first kappa shape index (κ1) is 20.5. The van der Waals surface area contributed by atoms with E-state index in [4.69, 9.17) is 5.73 Å². The Hall–Kier alpha value is -3.19. The lowest BCUT2D eigenvalue weighted by Crippen LogP contribution is -2.18. The normalized spacial score (nSPS) is 13.1. The van der Waals surface area contributed by atoms with E-state index in [1.807, 2.05) is 0 Å². The van der Waals surface area contributed by atoms with Crippen LogP contribution in [0.4, 0.5) is 45.3 Å². The van der Waals surface area contributed by atoms with Crippen LogP contribution < -0.4 is 10.5 Å². The van der Waals surface area contributed by atoms with Crippen LogP contribution in [0.1, 0.15) is 11.4 Å².